The summed E-state index contributed by atoms with van der Waals surface area (Å²) in [6, 6.07) is 4.43. The first-order valence-electron chi connectivity index (χ1n) is 4.24. The number of benzene rings is 1. The van der Waals surface area contributed by atoms with Gasteiger partial charge in [0.2, 0.25) is 0 Å². The molecule has 5 heteroatoms. The highest BCUT2D eigenvalue weighted by molar-refractivity contribution is 5.74. The maximum Gasteiger partial charge on any atom is 0.307 e. The molecule has 0 aliphatic carbocycles. The molecular weight excluding hydrogens is 200 g/mol. The lowest BCUT2D eigenvalue weighted by Crippen LogP contribution is -2.04. The van der Waals surface area contributed by atoms with Gasteiger partial charge < -0.3 is 15.3 Å². The standard InChI is InChI=1S/C10H10O5/c11-8(12)4-6-2-1-3-7(10(6)15)5-9(13)14/h1-3,15H,4-5H2,(H,11,12)(H,13,14). The summed E-state index contributed by atoms with van der Waals surface area (Å²) in [6.07, 6.45) is -0.640. The molecule has 0 aliphatic heterocycles. The van der Waals surface area contributed by atoms with E-state index >= 15 is 0 Å². The van der Waals surface area contributed by atoms with Crippen molar-refractivity contribution in [1.29, 1.82) is 0 Å². The third-order valence-electron chi connectivity index (χ3n) is 1.89. The Morgan fingerprint density at radius 2 is 1.40 bits per heavy atom. The van der Waals surface area contributed by atoms with E-state index in [1.54, 1.807) is 0 Å². The van der Waals surface area contributed by atoms with Crippen molar-refractivity contribution in [1.82, 2.24) is 0 Å². The Morgan fingerprint density at radius 1 is 1.00 bits per heavy atom. The molecule has 15 heavy (non-hydrogen) atoms. The molecule has 0 aromatic heterocycles. The molecule has 0 atom stereocenters. The number of carboxylic acids is 2. The van der Waals surface area contributed by atoms with Gasteiger partial charge in [-0.1, -0.05) is 18.2 Å². The number of aliphatic carboxylic acids is 2. The molecule has 3 N–H and O–H groups in total. The van der Waals surface area contributed by atoms with Gasteiger partial charge >= 0.3 is 11.9 Å². The molecular formula is C10H10O5. The maximum atomic E-state index is 10.4. The second-order valence-electron chi connectivity index (χ2n) is 3.07. The van der Waals surface area contributed by atoms with Gasteiger partial charge in [-0.15, -0.1) is 0 Å². The number of rotatable bonds is 4. The molecule has 5 nitrogen and oxygen atoms in total. The van der Waals surface area contributed by atoms with E-state index < -0.39 is 11.9 Å². The van der Waals surface area contributed by atoms with Crippen molar-refractivity contribution in [2.45, 2.75) is 12.8 Å². The zero-order valence-electron chi connectivity index (χ0n) is 7.80. The Labute approximate surface area is 85.6 Å². The fourth-order valence-electron chi connectivity index (χ4n) is 1.26. The highest BCUT2D eigenvalue weighted by Gasteiger charge is 2.11. The zero-order chi connectivity index (χ0) is 11.4. The van der Waals surface area contributed by atoms with E-state index in [2.05, 4.69) is 0 Å². The Balaban J connectivity index is 2.99. The summed E-state index contributed by atoms with van der Waals surface area (Å²) >= 11 is 0. The van der Waals surface area contributed by atoms with Crippen LogP contribution in [0.15, 0.2) is 18.2 Å². The molecule has 0 saturated heterocycles. The number of phenolic OH excluding ortho intramolecular Hbond substituents is 1. The molecule has 80 valence electrons. The molecule has 0 spiro atoms. The predicted molar refractivity (Wildman–Crippen MR) is 50.8 cm³/mol. The van der Waals surface area contributed by atoms with Gasteiger partial charge in [-0.3, -0.25) is 9.59 Å². The van der Waals surface area contributed by atoms with E-state index in [9.17, 15) is 14.7 Å². The number of phenols is 1. The SMILES string of the molecule is O=C(O)Cc1cccc(CC(=O)O)c1O. The summed E-state index contributed by atoms with van der Waals surface area (Å²) in [4.78, 5) is 20.9. The lowest BCUT2D eigenvalue weighted by molar-refractivity contribution is -0.137. The first-order valence-corrected chi connectivity index (χ1v) is 4.24. The van der Waals surface area contributed by atoms with Crippen molar-refractivity contribution in [3.8, 4) is 5.75 Å². The molecule has 0 saturated carbocycles. The molecule has 1 aromatic rings. The van der Waals surface area contributed by atoms with E-state index in [0.717, 1.165) is 0 Å². The average molecular weight is 210 g/mol. The van der Waals surface area contributed by atoms with E-state index in [-0.39, 0.29) is 29.7 Å². The van der Waals surface area contributed by atoms with Gasteiger partial charge in [-0.05, 0) is 0 Å². The first kappa shape index (κ1) is 11.0. The van der Waals surface area contributed by atoms with Crippen LogP contribution in [0.4, 0.5) is 0 Å². The van der Waals surface area contributed by atoms with E-state index in [1.807, 2.05) is 0 Å². The second kappa shape index (κ2) is 4.45. The minimum Gasteiger partial charge on any atom is -0.507 e. The first-order chi connectivity index (χ1) is 7.00. The van der Waals surface area contributed by atoms with Crippen molar-refractivity contribution in [2.24, 2.45) is 0 Å². The predicted octanol–water partition coefficient (Wildman–Crippen LogP) is 0.646. The summed E-state index contributed by atoms with van der Waals surface area (Å²) in [6.45, 7) is 0. The molecule has 0 fully saturated rings. The number of carboxylic acid groups (broad SMARTS) is 2. The number of carbonyl (C=O) groups is 2. The summed E-state index contributed by atoms with van der Waals surface area (Å²) in [7, 11) is 0. The van der Waals surface area contributed by atoms with Crippen LogP contribution in [-0.4, -0.2) is 27.3 Å². The van der Waals surface area contributed by atoms with Gasteiger partial charge in [-0.25, -0.2) is 0 Å². The van der Waals surface area contributed by atoms with Crippen molar-refractivity contribution < 1.29 is 24.9 Å². The summed E-state index contributed by atoms with van der Waals surface area (Å²) < 4.78 is 0. The van der Waals surface area contributed by atoms with Crippen molar-refractivity contribution in [2.75, 3.05) is 0 Å². The number of para-hydroxylation sites is 1. The summed E-state index contributed by atoms with van der Waals surface area (Å²) in [5.41, 5.74) is 0.447. The third kappa shape index (κ3) is 2.98. The number of hydrogen-bond donors (Lipinski definition) is 3. The van der Waals surface area contributed by atoms with Crippen LogP contribution in [0.2, 0.25) is 0 Å². The molecule has 0 aliphatic rings. The van der Waals surface area contributed by atoms with Crippen molar-refractivity contribution in [3.63, 3.8) is 0 Å². The van der Waals surface area contributed by atoms with E-state index in [1.165, 1.54) is 18.2 Å². The molecule has 0 amide bonds. The Morgan fingerprint density at radius 3 is 1.73 bits per heavy atom. The highest BCUT2D eigenvalue weighted by Crippen LogP contribution is 2.23. The van der Waals surface area contributed by atoms with Crippen molar-refractivity contribution in [3.05, 3.63) is 29.3 Å². The number of aromatic hydroxyl groups is 1. The van der Waals surface area contributed by atoms with Gasteiger partial charge in [0.05, 0.1) is 12.8 Å². The van der Waals surface area contributed by atoms with E-state index in [0.29, 0.717) is 0 Å². The van der Waals surface area contributed by atoms with Crippen LogP contribution < -0.4 is 0 Å². The Hall–Kier alpha value is -2.04. The summed E-state index contributed by atoms with van der Waals surface area (Å²) in [5.74, 6) is -2.39. The van der Waals surface area contributed by atoms with Gasteiger partial charge in [0.1, 0.15) is 5.75 Å². The van der Waals surface area contributed by atoms with E-state index in [4.69, 9.17) is 10.2 Å². The second-order valence-corrected chi connectivity index (χ2v) is 3.07. The minimum absolute atomic E-state index is 0.223. The Kier molecular flexibility index (Phi) is 3.28. The molecule has 0 unspecified atom stereocenters. The highest BCUT2D eigenvalue weighted by atomic mass is 16.4. The molecule has 0 heterocycles. The van der Waals surface area contributed by atoms with Gasteiger partial charge in [0.25, 0.3) is 0 Å². The smallest absolute Gasteiger partial charge is 0.307 e. The molecule has 1 aromatic carbocycles. The maximum absolute atomic E-state index is 10.4. The lowest BCUT2D eigenvalue weighted by Gasteiger charge is -2.06. The fourth-order valence-corrected chi connectivity index (χ4v) is 1.26. The van der Waals surface area contributed by atoms with Crippen LogP contribution in [0, 0.1) is 0 Å². The van der Waals surface area contributed by atoms with Crippen LogP contribution in [0.25, 0.3) is 0 Å². The largest absolute Gasteiger partial charge is 0.507 e. The molecule has 0 bridgehead atoms. The van der Waals surface area contributed by atoms with Crippen LogP contribution in [0.3, 0.4) is 0 Å². The lowest BCUT2D eigenvalue weighted by atomic mass is 10.0. The fraction of sp³-hybridized carbons (Fsp3) is 0.200. The zero-order valence-corrected chi connectivity index (χ0v) is 7.80. The molecule has 0 radical (unpaired) electrons. The molecule has 1 rings (SSSR count). The average Bonchev–Trinajstić information content (AvgIpc) is 2.10. The quantitative estimate of drug-likeness (QED) is 0.678. The monoisotopic (exact) mass is 210 g/mol. The van der Waals surface area contributed by atoms with Crippen molar-refractivity contribution >= 4 is 11.9 Å². The van der Waals surface area contributed by atoms with Crippen LogP contribution >= 0.6 is 0 Å². The van der Waals surface area contributed by atoms with Crippen LogP contribution in [-0.2, 0) is 22.4 Å². The van der Waals surface area contributed by atoms with Gasteiger partial charge in [0.15, 0.2) is 0 Å². The summed E-state index contributed by atoms with van der Waals surface area (Å²) in [5, 5.41) is 26.6. The topological polar surface area (TPSA) is 94.8 Å². The minimum atomic E-state index is -1.07. The van der Waals surface area contributed by atoms with Crippen LogP contribution in [0.1, 0.15) is 11.1 Å². The normalized spacial score (nSPS) is 9.87. The van der Waals surface area contributed by atoms with Crippen LogP contribution in [0.5, 0.6) is 5.75 Å². The third-order valence-corrected chi connectivity index (χ3v) is 1.89. The Bertz CT molecular complexity index is 363. The van der Waals surface area contributed by atoms with Gasteiger partial charge in [0, 0.05) is 11.1 Å². The van der Waals surface area contributed by atoms with Gasteiger partial charge in [-0.2, -0.15) is 0 Å². The number of hydrogen-bond acceptors (Lipinski definition) is 3.